The lowest BCUT2D eigenvalue weighted by Crippen LogP contribution is -2.54. The highest BCUT2D eigenvalue weighted by molar-refractivity contribution is 6.22. The number of hydrogen-bond donors (Lipinski definition) is 0. The van der Waals surface area contributed by atoms with Gasteiger partial charge in [-0.2, -0.15) is 5.26 Å². The number of fused-ring (bicyclic) bond motifs is 1. The predicted octanol–water partition coefficient (Wildman–Crippen LogP) is 4.04. The SMILES string of the molecule is CC(C(=O)N1[C@H](c2cccc(F)c2)[C@@H](F)C[C@@H]1C(C)(C)C#N)N1C(=O)c2ccccc2C1=O. The third kappa shape index (κ3) is 3.58. The van der Waals surface area contributed by atoms with Crippen LogP contribution in [0.25, 0.3) is 0 Å². The van der Waals surface area contributed by atoms with Gasteiger partial charge < -0.3 is 4.90 Å². The first-order valence-electron chi connectivity index (χ1n) is 10.7. The molecule has 0 aliphatic carbocycles. The van der Waals surface area contributed by atoms with E-state index >= 15 is 4.39 Å². The monoisotopic (exact) mass is 451 g/mol. The number of hydrogen-bond acceptors (Lipinski definition) is 4. The topological polar surface area (TPSA) is 81.5 Å². The Kier molecular flexibility index (Phi) is 5.52. The van der Waals surface area contributed by atoms with Crippen molar-refractivity contribution < 1.29 is 23.2 Å². The molecule has 1 unspecified atom stereocenters. The minimum atomic E-state index is -1.55. The van der Waals surface area contributed by atoms with E-state index < -0.39 is 53.3 Å². The van der Waals surface area contributed by atoms with Gasteiger partial charge in [-0.15, -0.1) is 0 Å². The van der Waals surface area contributed by atoms with Gasteiger partial charge in [-0.3, -0.25) is 19.3 Å². The molecule has 33 heavy (non-hydrogen) atoms. The molecule has 0 saturated carbocycles. The number of likely N-dealkylation sites (tertiary alicyclic amines) is 1. The van der Waals surface area contributed by atoms with Crippen LogP contribution in [0.5, 0.6) is 0 Å². The van der Waals surface area contributed by atoms with Gasteiger partial charge in [0.1, 0.15) is 18.0 Å². The van der Waals surface area contributed by atoms with Crippen molar-refractivity contribution in [1.82, 2.24) is 9.80 Å². The Balaban J connectivity index is 1.75. The predicted molar refractivity (Wildman–Crippen MR) is 115 cm³/mol. The van der Waals surface area contributed by atoms with Gasteiger partial charge in [0.05, 0.1) is 34.7 Å². The van der Waals surface area contributed by atoms with E-state index in [0.29, 0.717) is 0 Å². The summed E-state index contributed by atoms with van der Waals surface area (Å²) in [6.07, 6.45) is -1.68. The number of alkyl halides is 1. The lowest BCUT2D eigenvalue weighted by Gasteiger charge is -2.38. The number of rotatable bonds is 4. The van der Waals surface area contributed by atoms with E-state index in [0.717, 1.165) is 11.0 Å². The Morgan fingerprint density at radius 1 is 1.12 bits per heavy atom. The van der Waals surface area contributed by atoms with Gasteiger partial charge in [0.25, 0.3) is 11.8 Å². The van der Waals surface area contributed by atoms with E-state index in [1.165, 1.54) is 42.2 Å². The average molecular weight is 451 g/mol. The van der Waals surface area contributed by atoms with E-state index in [4.69, 9.17) is 0 Å². The number of benzene rings is 2. The first-order chi connectivity index (χ1) is 15.6. The smallest absolute Gasteiger partial charge is 0.262 e. The summed E-state index contributed by atoms with van der Waals surface area (Å²) in [5, 5.41) is 9.70. The van der Waals surface area contributed by atoms with E-state index in [1.807, 2.05) is 0 Å². The Bertz CT molecular complexity index is 1150. The highest BCUT2D eigenvalue weighted by Gasteiger charge is 2.53. The number of carbonyl (C=O) groups is 3. The van der Waals surface area contributed by atoms with E-state index in [-0.39, 0.29) is 23.1 Å². The number of halogens is 2. The first-order valence-corrected chi connectivity index (χ1v) is 10.7. The molecule has 2 aliphatic heterocycles. The van der Waals surface area contributed by atoms with Crippen molar-refractivity contribution >= 4 is 17.7 Å². The molecule has 2 aromatic carbocycles. The van der Waals surface area contributed by atoms with Crippen molar-refractivity contribution in [1.29, 1.82) is 5.26 Å². The van der Waals surface area contributed by atoms with Crippen LogP contribution in [0, 0.1) is 22.6 Å². The van der Waals surface area contributed by atoms with Crippen molar-refractivity contribution in [2.75, 3.05) is 0 Å². The van der Waals surface area contributed by atoms with Crippen LogP contribution in [0.1, 0.15) is 59.5 Å². The standard InChI is InChI=1S/C25H23F2N3O3/c1-14(29-23(32)17-9-4-5-10-18(17)24(29)33)22(31)30-20(25(2,3)13-28)12-19(27)21(30)15-7-6-8-16(26)11-15/h4-11,14,19-21H,12H2,1-3H3/t14?,19-,20+,21+/m0/s1. The van der Waals surface area contributed by atoms with Gasteiger partial charge in [0, 0.05) is 6.42 Å². The van der Waals surface area contributed by atoms with Crippen LogP contribution < -0.4 is 0 Å². The fourth-order valence-electron chi connectivity index (χ4n) is 4.78. The minimum absolute atomic E-state index is 0.123. The summed E-state index contributed by atoms with van der Waals surface area (Å²) in [7, 11) is 0. The Morgan fingerprint density at radius 3 is 2.27 bits per heavy atom. The van der Waals surface area contributed by atoms with Gasteiger partial charge in [-0.1, -0.05) is 24.3 Å². The molecule has 0 N–H and O–H groups in total. The van der Waals surface area contributed by atoms with Crippen LogP contribution in [0.4, 0.5) is 8.78 Å². The first kappa shape index (κ1) is 22.6. The van der Waals surface area contributed by atoms with Crippen molar-refractivity contribution in [2.24, 2.45) is 5.41 Å². The molecular weight excluding hydrogens is 428 g/mol. The second-order valence-corrected chi connectivity index (χ2v) is 9.05. The summed E-state index contributed by atoms with van der Waals surface area (Å²) in [5.74, 6) is -2.47. The van der Waals surface area contributed by atoms with Gasteiger partial charge in [0.15, 0.2) is 0 Å². The zero-order valence-electron chi connectivity index (χ0n) is 18.5. The second kappa shape index (κ2) is 8.07. The molecule has 1 fully saturated rings. The number of amides is 3. The van der Waals surface area contributed by atoms with E-state index in [1.54, 1.807) is 26.0 Å². The van der Waals surface area contributed by atoms with E-state index in [9.17, 15) is 24.0 Å². The Morgan fingerprint density at radius 2 is 1.73 bits per heavy atom. The summed E-state index contributed by atoms with van der Waals surface area (Å²) in [4.78, 5) is 41.7. The molecule has 4 rings (SSSR count). The largest absolute Gasteiger partial charge is 0.326 e. The fraction of sp³-hybridized carbons (Fsp3) is 0.360. The maximum absolute atomic E-state index is 15.4. The maximum atomic E-state index is 15.4. The minimum Gasteiger partial charge on any atom is -0.326 e. The third-order valence-electron chi connectivity index (χ3n) is 6.56. The molecule has 0 radical (unpaired) electrons. The fourth-order valence-corrected chi connectivity index (χ4v) is 4.78. The summed E-state index contributed by atoms with van der Waals surface area (Å²) in [6.45, 7) is 4.62. The summed E-state index contributed by atoms with van der Waals surface area (Å²) < 4.78 is 29.3. The molecule has 2 heterocycles. The highest BCUT2D eigenvalue weighted by Crippen LogP contribution is 2.45. The number of carbonyl (C=O) groups excluding carboxylic acids is 3. The highest BCUT2D eigenvalue weighted by atomic mass is 19.1. The Labute approximate surface area is 190 Å². The van der Waals surface area contributed by atoms with Crippen LogP contribution in [0.2, 0.25) is 0 Å². The molecule has 0 aromatic heterocycles. The van der Waals surface area contributed by atoms with Crippen LogP contribution in [-0.4, -0.2) is 45.8 Å². The van der Waals surface area contributed by atoms with Crippen molar-refractivity contribution in [3.63, 3.8) is 0 Å². The molecule has 2 aliphatic rings. The zero-order chi connectivity index (χ0) is 24.1. The second-order valence-electron chi connectivity index (χ2n) is 9.05. The third-order valence-corrected chi connectivity index (χ3v) is 6.56. The quantitative estimate of drug-likeness (QED) is 0.657. The molecule has 170 valence electrons. The van der Waals surface area contributed by atoms with E-state index in [2.05, 4.69) is 6.07 Å². The summed E-state index contributed by atoms with van der Waals surface area (Å²) in [6, 6.07) is 10.5. The maximum Gasteiger partial charge on any atom is 0.262 e. The normalized spacial score (nSPS) is 23.5. The lowest BCUT2D eigenvalue weighted by molar-refractivity contribution is -0.140. The zero-order valence-corrected chi connectivity index (χ0v) is 18.5. The molecule has 6 nitrogen and oxygen atoms in total. The van der Waals surface area contributed by atoms with Crippen molar-refractivity contribution in [3.05, 3.63) is 71.0 Å². The Hall–Kier alpha value is -3.60. The van der Waals surface area contributed by atoms with Crippen LogP contribution in [0.15, 0.2) is 48.5 Å². The molecule has 4 atom stereocenters. The lowest BCUT2D eigenvalue weighted by atomic mass is 9.84. The van der Waals surface area contributed by atoms with Crippen molar-refractivity contribution in [2.45, 2.75) is 51.5 Å². The molecule has 3 amide bonds. The molecule has 1 saturated heterocycles. The number of imide groups is 1. The van der Waals surface area contributed by atoms with Gasteiger partial charge in [-0.05, 0) is 50.6 Å². The number of nitrogens with zero attached hydrogens (tertiary/aromatic N) is 3. The summed E-state index contributed by atoms with van der Waals surface area (Å²) in [5.41, 5.74) is -0.476. The van der Waals surface area contributed by atoms with Crippen LogP contribution in [0.3, 0.4) is 0 Å². The van der Waals surface area contributed by atoms with Crippen LogP contribution >= 0.6 is 0 Å². The van der Waals surface area contributed by atoms with Gasteiger partial charge in [-0.25, -0.2) is 8.78 Å². The van der Waals surface area contributed by atoms with Gasteiger partial charge in [0.2, 0.25) is 5.91 Å². The molecular formula is C25H23F2N3O3. The summed E-state index contributed by atoms with van der Waals surface area (Å²) >= 11 is 0. The molecule has 0 bridgehead atoms. The number of nitriles is 1. The molecule has 2 aromatic rings. The van der Waals surface area contributed by atoms with Crippen molar-refractivity contribution in [3.8, 4) is 6.07 Å². The molecule has 8 heteroatoms. The average Bonchev–Trinajstić information content (AvgIpc) is 3.27. The van der Waals surface area contributed by atoms with Crippen LogP contribution in [-0.2, 0) is 4.79 Å². The van der Waals surface area contributed by atoms with Gasteiger partial charge >= 0.3 is 0 Å². The molecule has 0 spiro atoms.